The van der Waals surface area contributed by atoms with Crippen LogP contribution in [0.4, 0.5) is 0 Å². The number of hydrogen-bond acceptors (Lipinski definition) is 4. The maximum Gasteiger partial charge on any atom is 0.184 e. The molecule has 0 aliphatic heterocycles. The van der Waals surface area contributed by atoms with Crippen LogP contribution >= 0.6 is 0 Å². The first-order valence-electron chi connectivity index (χ1n) is 7.61. The van der Waals surface area contributed by atoms with Gasteiger partial charge in [-0.2, -0.15) is 0 Å². The molecule has 2 heterocycles. The molecule has 5 heteroatoms. The summed E-state index contributed by atoms with van der Waals surface area (Å²) in [5.74, 6) is 0.826. The van der Waals surface area contributed by atoms with Crippen LogP contribution in [0.1, 0.15) is 28.8 Å². The molecule has 0 fully saturated rings. The molecular weight excluding hydrogens is 274 g/mol. The third kappa shape index (κ3) is 2.19. The highest BCUT2D eigenvalue weighted by Crippen LogP contribution is 2.32. The Morgan fingerprint density at radius 3 is 2.86 bits per heavy atom. The largest absolute Gasteiger partial charge is 0.261 e. The zero-order chi connectivity index (χ0) is 14.9. The molecule has 0 spiro atoms. The summed E-state index contributed by atoms with van der Waals surface area (Å²) in [7, 11) is 0. The number of aromatic nitrogens is 5. The molecule has 5 nitrogen and oxygen atoms in total. The molecule has 22 heavy (non-hydrogen) atoms. The third-order valence-corrected chi connectivity index (χ3v) is 4.27. The van der Waals surface area contributed by atoms with Gasteiger partial charge in [-0.3, -0.25) is 4.98 Å². The highest BCUT2D eigenvalue weighted by molar-refractivity contribution is 5.65. The summed E-state index contributed by atoms with van der Waals surface area (Å²) in [6.07, 6.45) is 5.39. The van der Waals surface area contributed by atoms with E-state index in [0.29, 0.717) is 6.54 Å². The van der Waals surface area contributed by atoms with E-state index in [2.05, 4.69) is 32.6 Å². The minimum atomic E-state index is 0.673. The molecule has 0 bridgehead atoms. The van der Waals surface area contributed by atoms with E-state index in [9.17, 15) is 0 Å². The van der Waals surface area contributed by atoms with Gasteiger partial charge in [-0.15, -0.1) is 5.10 Å². The van der Waals surface area contributed by atoms with Crippen molar-refractivity contribution in [3.05, 3.63) is 58.9 Å². The fourth-order valence-electron chi connectivity index (χ4n) is 3.20. The number of benzene rings is 1. The standard InChI is InChI=1S/C17H17N5/c1-12-16(15-9-5-8-14(15)10-18-12)17-19-20-21-22(17)11-13-6-3-2-4-7-13/h2-4,6-7,10H,5,8-9,11H2,1H3. The number of fused-ring (bicyclic) bond motifs is 1. The lowest BCUT2D eigenvalue weighted by atomic mass is 10.0. The molecule has 1 aliphatic rings. The Hall–Kier alpha value is -2.56. The summed E-state index contributed by atoms with van der Waals surface area (Å²) in [6.45, 7) is 2.71. The fraction of sp³-hybridized carbons (Fsp3) is 0.294. The molecule has 0 N–H and O–H groups in total. The van der Waals surface area contributed by atoms with Gasteiger partial charge in [0.2, 0.25) is 0 Å². The van der Waals surface area contributed by atoms with E-state index in [-0.39, 0.29) is 0 Å². The van der Waals surface area contributed by atoms with Crippen molar-refractivity contribution in [3.63, 3.8) is 0 Å². The lowest BCUT2D eigenvalue weighted by Crippen LogP contribution is -2.07. The Bertz CT molecular complexity index is 807. The molecule has 0 saturated carbocycles. The minimum Gasteiger partial charge on any atom is -0.261 e. The van der Waals surface area contributed by atoms with Gasteiger partial charge in [0.15, 0.2) is 5.82 Å². The number of hydrogen-bond donors (Lipinski definition) is 0. The zero-order valence-electron chi connectivity index (χ0n) is 12.5. The minimum absolute atomic E-state index is 0.673. The van der Waals surface area contributed by atoms with E-state index in [0.717, 1.165) is 29.9 Å². The number of aryl methyl sites for hydroxylation is 2. The van der Waals surface area contributed by atoms with Crippen LogP contribution in [-0.4, -0.2) is 25.2 Å². The van der Waals surface area contributed by atoms with Crippen molar-refractivity contribution in [2.24, 2.45) is 0 Å². The van der Waals surface area contributed by atoms with E-state index in [1.54, 1.807) is 0 Å². The van der Waals surface area contributed by atoms with Crippen molar-refractivity contribution < 1.29 is 0 Å². The molecule has 110 valence electrons. The second kappa shape index (κ2) is 5.33. The molecule has 1 aliphatic carbocycles. The van der Waals surface area contributed by atoms with Crippen molar-refractivity contribution in [1.29, 1.82) is 0 Å². The SMILES string of the molecule is Cc1ncc2c(c1-c1nnnn1Cc1ccccc1)CCC2. The number of pyridine rings is 1. The van der Waals surface area contributed by atoms with Crippen molar-refractivity contribution in [2.75, 3.05) is 0 Å². The van der Waals surface area contributed by atoms with Crippen LogP contribution in [0.25, 0.3) is 11.4 Å². The quantitative estimate of drug-likeness (QED) is 0.744. The van der Waals surface area contributed by atoms with Crippen LogP contribution in [0.3, 0.4) is 0 Å². The van der Waals surface area contributed by atoms with Gasteiger partial charge in [0.1, 0.15) is 0 Å². The molecule has 1 aromatic carbocycles. The molecule has 2 aromatic heterocycles. The Morgan fingerprint density at radius 2 is 2.00 bits per heavy atom. The van der Waals surface area contributed by atoms with Gasteiger partial charge in [0.05, 0.1) is 6.54 Å². The molecular formula is C17H17N5. The van der Waals surface area contributed by atoms with Gasteiger partial charge in [0, 0.05) is 17.5 Å². The average Bonchev–Trinajstić information content (AvgIpc) is 3.18. The van der Waals surface area contributed by atoms with Crippen LogP contribution < -0.4 is 0 Å². The molecule has 0 atom stereocenters. The molecule has 0 radical (unpaired) electrons. The first-order chi connectivity index (χ1) is 10.8. The van der Waals surface area contributed by atoms with Gasteiger partial charge in [-0.25, -0.2) is 4.68 Å². The second-order valence-electron chi connectivity index (χ2n) is 5.72. The second-order valence-corrected chi connectivity index (χ2v) is 5.72. The van der Waals surface area contributed by atoms with Gasteiger partial charge in [-0.1, -0.05) is 30.3 Å². The average molecular weight is 291 g/mol. The first kappa shape index (κ1) is 13.1. The predicted molar refractivity (Wildman–Crippen MR) is 83.4 cm³/mol. The van der Waals surface area contributed by atoms with Gasteiger partial charge >= 0.3 is 0 Å². The summed E-state index contributed by atoms with van der Waals surface area (Å²) < 4.78 is 1.87. The van der Waals surface area contributed by atoms with Crippen molar-refractivity contribution in [1.82, 2.24) is 25.2 Å². The number of nitrogens with zero attached hydrogens (tertiary/aromatic N) is 5. The lowest BCUT2D eigenvalue weighted by molar-refractivity contribution is 0.652. The fourth-order valence-corrected chi connectivity index (χ4v) is 3.20. The number of tetrazole rings is 1. The van der Waals surface area contributed by atoms with Crippen LogP contribution in [0, 0.1) is 6.92 Å². The molecule has 0 saturated heterocycles. The number of rotatable bonds is 3. The molecule has 4 rings (SSSR count). The maximum absolute atomic E-state index is 4.55. The van der Waals surface area contributed by atoms with Gasteiger partial charge in [-0.05, 0) is 53.3 Å². The highest BCUT2D eigenvalue weighted by atomic mass is 15.5. The topological polar surface area (TPSA) is 56.5 Å². The Morgan fingerprint density at radius 1 is 1.14 bits per heavy atom. The van der Waals surface area contributed by atoms with E-state index < -0.39 is 0 Å². The summed E-state index contributed by atoms with van der Waals surface area (Å²) in [6, 6.07) is 10.3. The molecule has 0 unspecified atom stereocenters. The molecule has 3 aromatic rings. The smallest absolute Gasteiger partial charge is 0.184 e. The Balaban J connectivity index is 1.79. The maximum atomic E-state index is 4.55. The summed E-state index contributed by atoms with van der Waals surface area (Å²) in [5, 5.41) is 12.4. The first-order valence-corrected chi connectivity index (χ1v) is 7.61. The van der Waals surface area contributed by atoms with Crippen LogP contribution in [-0.2, 0) is 19.4 Å². The van der Waals surface area contributed by atoms with Crippen LogP contribution in [0.15, 0.2) is 36.5 Å². The Kier molecular flexibility index (Phi) is 3.18. The molecule has 0 amide bonds. The van der Waals surface area contributed by atoms with Gasteiger partial charge < -0.3 is 0 Å². The van der Waals surface area contributed by atoms with Crippen LogP contribution in [0.5, 0.6) is 0 Å². The van der Waals surface area contributed by atoms with E-state index in [4.69, 9.17) is 0 Å². The monoisotopic (exact) mass is 291 g/mol. The van der Waals surface area contributed by atoms with Crippen molar-refractivity contribution in [3.8, 4) is 11.4 Å². The predicted octanol–water partition coefficient (Wildman–Crippen LogP) is 2.58. The van der Waals surface area contributed by atoms with Crippen LogP contribution in [0.2, 0.25) is 0 Å². The van der Waals surface area contributed by atoms with Gasteiger partial charge in [0.25, 0.3) is 0 Å². The zero-order valence-corrected chi connectivity index (χ0v) is 12.5. The Labute approximate surface area is 129 Å². The van der Waals surface area contributed by atoms with E-state index in [1.165, 1.54) is 23.1 Å². The van der Waals surface area contributed by atoms with Crippen molar-refractivity contribution >= 4 is 0 Å². The lowest BCUT2D eigenvalue weighted by Gasteiger charge is -2.11. The highest BCUT2D eigenvalue weighted by Gasteiger charge is 2.22. The van der Waals surface area contributed by atoms with Crippen molar-refractivity contribution in [2.45, 2.75) is 32.7 Å². The summed E-state index contributed by atoms with van der Waals surface area (Å²) >= 11 is 0. The normalized spacial score (nSPS) is 13.3. The summed E-state index contributed by atoms with van der Waals surface area (Å²) in [5.41, 5.74) is 6.03. The third-order valence-electron chi connectivity index (χ3n) is 4.27. The van der Waals surface area contributed by atoms with E-state index >= 15 is 0 Å². The van der Waals surface area contributed by atoms with E-state index in [1.807, 2.05) is 36.0 Å². The summed E-state index contributed by atoms with van der Waals surface area (Å²) in [4.78, 5) is 4.55.